The smallest absolute Gasteiger partial charge is 0.307 e. The van der Waals surface area contributed by atoms with Crippen LogP contribution in [0.15, 0.2) is 30.5 Å². The number of carbonyl (C=O) groups is 1. The maximum absolute atomic E-state index is 11.9. The summed E-state index contributed by atoms with van der Waals surface area (Å²) in [5.41, 5.74) is 8.24. The Labute approximate surface area is 150 Å². The van der Waals surface area contributed by atoms with Crippen molar-refractivity contribution in [1.29, 1.82) is 0 Å². The molecule has 0 bridgehead atoms. The van der Waals surface area contributed by atoms with Crippen molar-refractivity contribution in [1.82, 2.24) is 25.6 Å². The molecule has 0 amide bonds. The molecule has 3 rings (SSSR count). The van der Waals surface area contributed by atoms with Crippen molar-refractivity contribution in [3.63, 3.8) is 0 Å². The van der Waals surface area contributed by atoms with Gasteiger partial charge in [0.05, 0.1) is 23.3 Å². The van der Waals surface area contributed by atoms with Crippen molar-refractivity contribution < 1.29 is 9.90 Å². The van der Waals surface area contributed by atoms with Crippen LogP contribution in [0.4, 0.5) is 5.69 Å². The molecule has 8 nitrogen and oxygen atoms in total. The van der Waals surface area contributed by atoms with E-state index >= 15 is 0 Å². The first kappa shape index (κ1) is 17.8. The number of nitrogens with two attached hydrogens (primary N) is 1. The minimum Gasteiger partial charge on any atom is -0.481 e. The van der Waals surface area contributed by atoms with Gasteiger partial charge in [-0.3, -0.25) is 9.78 Å². The van der Waals surface area contributed by atoms with Crippen molar-refractivity contribution >= 4 is 22.6 Å². The van der Waals surface area contributed by atoms with Gasteiger partial charge in [-0.25, -0.2) is 0 Å². The summed E-state index contributed by atoms with van der Waals surface area (Å²) in [7, 11) is 0. The van der Waals surface area contributed by atoms with Gasteiger partial charge in [0.1, 0.15) is 0 Å². The third-order valence-corrected chi connectivity index (χ3v) is 4.44. The molecule has 0 aliphatic carbocycles. The fourth-order valence-corrected chi connectivity index (χ4v) is 3.26. The zero-order chi connectivity index (χ0) is 18.7. The third kappa shape index (κ3) is 3.96. The quantitative estimate of drug-likeness (QED) is 0.593. The molecule has 2 unspecified atom stereocenters. The molecule has 0 aliphatic heterocycles. The van der Waals surface area contributed by atoms with Crippen LogP contribution in [0.1, 0.15) is 37.6 Å². The summed E-state index contributed by atoms with van der Waals surface area (Å²) < 4.78 is 0. The molecule has 2 atom stereocenters. The summed E-state index contributed by atoms with van der Waals surface area (Å²) in [6, 6.07) is 7.71. The summed E-state index contributed by atoms with van der Waals surface area (Å²) in [5.74, 6) is -1.16. The van der Waals surface area contributed by atoms with Crippen molar-refractivity contribution in [3.8, 4) is 0 Å². The van der Waals surface area contributed by atoms with Crippen molar-refractivity contribution in [3.05, 3.63) is 41.9 Å². The number of aliphatic carboxylic acids is 1. The Bertz CT molecular complexity index is 894. The maximum atomic E-state index is 11.9. The molecule has 0 radical (unpaired) electrons. The number of tetrazole rings is 1. The largest absolute Gasteiger partial charge is 0.481 e. The Morgan fingerprint density at radius 2 is 2.12 bits per heavy atom. The van der Waals surface area contributed by atoms with Gasteiger partial charge >= 0.3 is 5.97 Å². The summed E-state index contributed by atoms with van der Waals surface area (Å²) in [5, 5.41) is 24.8. The second-order valence-electron chi connectivity index (χ2n) is 6.95. The van der Waals surface area contributed by atoms with Crippen LogP contribution in [0.5, 0.6) is 0 Å². The molecule has 2 heterocycles. The molecule has 8 heteroatoms. The van der Waals surface area contributed by atoms with Gasteiger partial charge < -0.3 is 10.8 Å². The van der Waals surface area contributed by atoms with Crippen molar-refractivity contribution in [2.45, 2.75) is 32.6 Å². The van der Waals surface area contributed by atoms with Crippen LogP contribution >= 0.6 is 0 Å². The normalized spacial score (nSPS) is 13.8. The fourth-order valence-electron chi connectivity index (χ4n) is 3.26. The first-order valence-electron chi connectivity index (χ1n) is 8.54. The van der Waals surface area contributed by atoms with Crippen LogP contribution in [0.3, 0.4) is 0 Å². The van der Waals surface area contributed by atoms with Gasteiger partial charge in [-0.15, -0.1) is 10.2 Å². The number of fused-ring (bicyclic) bond motifs is 1. The van der Waals surface area contributed by atoms with Gasteiger partial charge in [0.15, 0.2) is 5.82 Å². The van der Waals surface area contributed by atoms with Crippen LogP contribution in [0.2, 0.25) is 0 Å². The van der Waals surface area contributed by atoms with E-state index in [9.17, 15) is 9.90 Å². The lowest BCUT2D eigenvalue weighted by atomic mass is 9.81. The number of hydrogen-bond acceptors (Lipinski definition) is 6. The average molecular weight is 354 g/mol. The molecule has 3 aromatic rings. The third-order valence-electron chi connectivity index (χ3n) is 4.44. The number of aromatic amines is 1. The Balaban J connectivity index is 1.96. The average Bonchev–Trinajstić information content (AvgIpc) is 3.11. The van der Waals surface area contributed by atoms with Gasteiger partial charge in [-0.05, 0) is 42.5 Å². The van der Waals surface area contributed by atoms with E-state index in [1.165, 1.54) is 0 Å². The molecule has 2 aromatic heterocycles. The molecule has 1 aromatic carbocycles. The highest BCUT2D eigenvalue weighted by molar-refractivity contribution is 5.81. The first-order chi connectivity index (χ1) is 12.4. The second kappa shape index (κ2) is 7.47. The number of rotatable bonds is 7. The van der Waals surface area contributed by atoms with Crippen molar-refractivity contribution in [2.24, 2.45) is 11.8 Å². The van der Waals surface area contributed by atoms with Crippen LogP contribution in [0, 0.1) is 11.8 Å². The lowest BCUT2D eigenvalue weighted by molar-refractivity contribution is -0.143. The lowest BCUT2D eigenvalue weighted by Gasteiger charge is -2.23. The van der Waals surface area contributed by atoms with E-state index in [4.69, 9.17) is 5.73 Å². The lowest BCUT2D eigenvalue weighted by Crippen LogP contribution is -2.26. The van der Waals surface area contributed by atoms with E-state index in [-0.39, 0.29) is 11.8 Å². The topological polar surface area (TPSA) is 131 Å². The highest BCUT2D eigenvalue weighted by Crippen LogP contribution is 2.32. The zero-order valence-electron chi connectivity index (χ0n) is 14.8. The van der Waals surface area contributed by atoms with E-state index in [0.717, 1.165) is 16.5 Å². The van der Waals surface area contributed by atoms with Gasteiger partial charge in [-0.1, -0.05) is 25.1 Å². The van der Waals surface area contributed by atoms with Gasteiger partial charge in [0.25, 0.3) is 0 Å². The number of carboxylic acids is 1. The molecule has 0 saturated carbocycles. The highest BCUT2D eigenvalue weighted by atomic mass is 16.4. The Morgan fingerprint density at radius 1 is 1.31 bits per heavy atom. The monoisotopic (exact) mass is 354 g/mol. The number of nitrogens with one attached hydrogen (secondary N) is 1. The number of hydrogen-bond donors (Lipinski definition) is 3. The maximum Gasteiger partial charge on any atom is 0.307 e. The first-order valence-corrected chi connectivity index (χ1v) is 8.54. The molecular formula is C18H22N6O2. The molecule has 0 spiro atoms. The molecule has 0 saturated heterocycles. The number of benzene rings is 1. The fraction of sp³-hybridized carbons (Fsp3) is 0.389. The minimum absolute atomic E-state index is 0.242. The molecule has 136 valence electrons. The highest BCUT2D eigenvalue weighted by Gasteiger charge is 2.33. The summed E-state index contributed by atoms with van der Waals surface area (Å²) in [4.78, 5) is 16.2. The predicted octanol–water partition coefficient (Wildman–Crippen LogP) is 2.40. The zero-order valence-corrected chi connectivity index (χ0v) is 14.8. The van der Waals surface area contributed by atoms with Crippen molar-refractivity contribution in [2.75, 3.05) is 5.73 Å². The van der Waals surface area contributed by atoms with E-state index in [1.807, 2.05) is 38.1 Å². The second-order valence-corrected chi connectivity index (χ2v) is 6.95. The summed E-state index contributed by atoms with van der Waals surface area (Å²) in [6.07, 6.45) is 2.65. The van der Waals surface area contributed by atoms with E-state index in [1.54, 1.807) is 6.20 Å². The molecule has 0 fully saturated rings. The Hall–Kier alpha value is -3.03. The summed E-state index contributed by atoms with van der Waals surface area (Å²) in [6.45, 7) is 4.02. The number of nitrogens with zero attached hydrogens (tertiary/aromatic N) is 4. The molecule has 26 heavy (non-hydrogen) atoms. The number of pyridine rings is 1. The van der Waals surface area contributed by atoms with Crippen LogP contribution < -0.4 is 5.73 Å². The molecule has 0 aliphatic rings. The summed E-state index contributed by atoms with van der Waals surface area (Å²) >= 11 is 0. The predicted molar refractivity (Wildman–Crippen MR) is 97.4 cm³/mol. The van der Waals surface area contributed by atoms with Crippen LogP contribution in [0.25, 0.3) is 10.9 Å². The van der Waals surface area contributed by atoms with Gasteiger partial charge in [0, 0.05) is 11.3 Å². The standard InChI is InChI=1S/C18H22N6O2/c1-10(2)5-15(18(25)26)14(17-21-23-24-22-17)7-11-3-4-16-12(6-11)8-13(19)9-20-16/h3-4,6,8-10,14-15H,5,7,19H2,1-2H3,(H,25,26)(H,21,22,23,24). The van der Waals surface area contributed by atoms with Crippen LogP contribution in [-0.2, 0) is 11.2 Å². The Kier molecular flexibility index (Phi) is 5.11. The number of anilines is 1. The number of H-pyrrole nitrogens is 1. The van der Waals surface area contributed by atoms with Crippen LogP contribution in [-0.4, -0.2) is 36.7 Å². The Morgan fingerprint density at radius 3 is 2.77 bits per heavy atom. The van der Waals surface area contributed by atoms with Gasteiger partial charge in [-0.2, -0.15) is 5.21 Å². The van der Waals surface area contributed by atoms with E-state index in [2.05, 4.69) is 25.6 Å². The molecular weight excluding hydrogens is 332 g/mol. The number of nitrogen functional groups attached to an aromatic ring is 1. The number of carboxylic acid groups (broad SMARTS) is 1. The molecule has 4 N–H and O–H groups in total. The number of aromatic nitrogens is 5. The van der Waals surface area contributed by atoms with Gasteiger partial charge in [0.2, 0.25) is 0 Å². The SMILES string of the molecule is CC(C)CC(C(=O)O)C(Cc1ccc2ncc(N)cc2c1)c1nn[nH]n1. The van der Waals surface area contributed by atoms with E-state index in [0.29, 0.717) is 24.4 Å². The minimum atomic E-state index is -0.847. The van der Waals surface area contributed by atoms with E-state index < -0.39 is 11.9 Å².